The Morgan fingerprint density at radius 2 is 1.81 bits per heavy atom. The van der Waals surface area contributed by atoms with E-state index < -0.39 is 23.0 Å². The second-order valence-electron chi connectivity index (χ2n) is 3.75. The molecule has 1 aromatic carbocycles. The molecule has 0 unspecified atom stereocenters. The highest BCUT2D eigenvalue weighted by Crippen LogP contribution is 2.10. The Bertz CT molecular complexity index is 326. The molecule has 0 saturated heterocycles. The van der Waals surface area contributed by atoms with E-state index in [9.17, 15) is 14.4 Å². The van der Waals surface area contributed by atoms with Crippen LogP contribution in [0.4, 0.5) is 0 Å². The van der Waals surface area contributed by atoms with Crippen LogP contribution in [0.2, 0.25) is 0 Å². The topological polar surface area (TPSA) is 57.5 Å². The summed E-state index contributed by atoms with van der Waals surface area (Å²) in [5.74, 6) is 0.0885. The van der Waals surface area contributed by atoms with Crippen molar-refractivity contribution in [2.24, 2.45) is 0 Å². The van der Waals surface area contributed by atoms with Gasteiger partial charge in [0.15, 0.2) is 0 Å². The van der Waals surface area contributed by atoms with Crippen LogP contribution in [0.3, 0.4) is 0 Å². The lowest BCUT2D eigenvalue weighted by Crippen LogP contribution is -2.31. The molecule has 0 fully saturated rings. The number of benzene rings is 1. The van der Waals surface area contributed by atoms with E-state index in [4.69, 9.17) is 0 Å². The van der Waals surface area contributed by atoms with E-state index in [2.05, 4.69) is 0 Å². The van der Waals surface area contributed by atoms with E-state index in [1.807, 2.05) is 25.1 Å². The molecule has 0 saturated carbocycles. The molecule has 0 amide bonds. The van der Waals surface area contributed by atoms with Crippen LogP contribution >= 0.6 is 0 Å². The molecule has 0 aromatic heterocycles. The molecule has 1 rings (SSSR count). The van der Waals surface area contributed by atoms with Crippen LogP contribution < -0.4 is 0 Å². The van der Waals surface area contributed by atoms with Gasteiger partial charge in [0.2, 0.25) is 0 Å². The van der Waals surface area contributed by atoms with E-state index >= 15 is 0 Å². The Hall–Kier alpha value is -0.710. The fraction of sp³-hybridized carbons (Fsp3) is 0.500. The summed E-state index contributed by atoms with van der Waals surface area (Å²) >= 11 is 0. The average Bonchev–Trinajstić information content (AvgIpc) is 2.30. The van der Waals surface area contributed by atoms with Crippen molar-refractivity contribution >= 4 is 10.8 Å². The summed E-state index contributed by atoms with van der Waals surface area (Å²) < 4.78 is 11.8. The second kappa shape index (κ2) is 6.78. The van der Waals surface area contributed by atoms with E-state index in [1.54, 1.807) is 12.1 Å². The maximum Gasteiger partial charge on any atom is 0.0917 e. The highest BCUT2D eigenvalue weighted by molar-refractivity contribution is 7.85. The predicted molar refractivity (Wildman–Crippen MR) is 64.6 cm³/mol. The summed E-state index contributed by atoms with van der Waals surface area (Å²) in [7, 11) is -1.25. The summed E-state index contributed by atoms with van der Waals surface area (Å²) in [6, 6.07) is 8.98. The van der Waals surface area contributed by atoms with E-state index in [0.29, 0.717) is 11.3 Å². The van der Waals surface area contributed by atoms with Gasteiger partial charge in [-0.05, 0) is 18.6 Å². The zero-order valence-electron chi connectivity index (χ0n) is 9.37. The number of aliphatic hydroxyl groups excluding tert-OH is 2. The molecule has 3 atom stereocenters. The Labute approximate surface area is 98.6 Å². The van der Waals surface area contributed by atoms with Gasteiger partial charge in [-0.3, -0.25) is 4.21 Å². The number of hydrogen-bond donors (Lipinski definition) is 2. The highest BCUT2D eigenvalue weighted by atomic mass is 32.2. The van der Waals surface area contributed by atoms with Crippen LogP contribution in [0.15, 0.2) is 35.2 Å². The van der Waals surface area contributed by atoms with Crippen molar-refractivity contribution in [2.45, 2.75) is 36.9 Å². The van der Waals surface area contributed by atoms with Gasteiger partial charge in [0.25, 0.3) is 0 Å². The van der Waals surface area contributed by atoms with Crippen molar-refractivity contribution in [3.8, 4) is 0 Å². The van der Waals surface area contributed by atoms with Crippen LogP contribution in [0, 0.1) is 0 Å². The fourth-order valence-electron chi connectivity index (χ4n) is 1.42. The van der Waals surface area contributed by atoms with Gasteiger partial charge in [-0.2, -0.15) is 0 Å². The molecular formula is C12H18O3S. The fourth-order valence-corrected chi connectivity index (χ4v) is 2.61. The Kier molecular flexibility index (Phi) is 5.66. The molecule has 4 heteroatoms. The summed E-state index contributed by atoms with van der Waals surface area (Å²) in [5, 5.41) is 19.2. The quantitative estimate of drug-likeness (QED) is 0.791. The van der Waals surface area contributed by atoms with Crippen molar-refractivity contribution in [2.75, 3.05) is 5.75 Å². The number of hydrogen-bond acceptors (Lipinski definition) is 3. The molecule has 0 aliphatic rings. The monoisotopic (exact) mass is 242 g/mol. The van der Waals surface area contributed by atoms with Gasteiger partial charge in [-0.1, -0.05) is 31.5 Å². The first-order chi connectivity index (χ1) is 7.65. The minimum Gasteiger partial charge on any atom is -0.390 e. The van der Waals surface area contributed by atoms with Gasteiger partial charge in [0.1, 0.15) is 0 Å². The van der Waals surface area contributed by atoms with Crippen molar-refractivity contribution in [3.63, 3.8) is 0 Å². The molecule has 0 heterocycles. The largest absolute Gasteiger partial charge is 0.390 e. The van der Waals surface area contributed by atoms with Gasteiger partial charge >= 0.3 is 0 Å². The Balaban J connectivity index is 2.52. The zero-order chi connectivity index (χ0) is 12.0. The lowest BCUT2D eigenvalue weighted by molar-refractivity contribution is 0.0282. The zero-order valence-corrected chi connectivity index (χ0v) is 10.2. The first-order valence-electron chi connectivity index (χ1n) is 5.44. The number of aliphatic hydroxyl groups is 2. The lowest BCUT2D eigenvalue weighted by atomic mass is 10.1. The summed E-state index contributed by atoms with van der Waals surface area (Å²) in [6.07, 6.45) is -0.359. The van der Waals surface area contributed by atoms with Gasteiger partial charge < -0.3 is 10.2 Å². The van der Waals surface area contributed by atoms with Crippen LogP contribution in [-0.4, -0.2) is 32.4 Å². The molecule has 0 bridgehead atoms. The van der Waals surface area contributed by atoms with Crippen molar-refractivity contribution in [1.29, 1.82) is 0 Å². The van der Waals surface area contributed by atoms with E-state index in [1.165, 1.54) is 0 Å². The lowest BCUT2D eigenvalue weighted by Gasteiger charge is -2.16. The normalized spacial score (nSPS) is 16.7. The molecule has 0 spiro atoms. The molecule has 1 aromatic rings. The van der Waals surface area contributed by atoms with Crippen LogP contribution in [0.25, 0.3) is 0 Å². The molecule has 0 aliphatic carbocycles. The minimum atomic E-state index is -1.25. The molecular weight excluding hydrogens is 224 g/mol. The molecule has 2 N–H and O–H groups in total. The molecule has 3 nitrogen and oxygen atoms in total. The third-order valence-electron chi connectivity index (χ3n) is 2.36. The third kappa shape index (κ3) is 4.04. The van der Waals surface area contributed by atoms with Crippen LogP contribution in [-0.2, 0) is 10.8 Å². The van der Waals surface area contributed by atoms with Crippen LogP contribution in [0.5, 0.6) is 0 Å². The Morgan fingerprint density at radius 3 is 2.38 bits per heavy atom. The van der Waals surface area contributed by atoms with E-state index in [-0.39, 0.29) is 5.75 Å². The first kappa shape index (κ1) is 13.4. The third-order valence-corrected chi connectivity index (χ3v) is 3.80. The molecule has 16 heavy (non-hydrogen) atoms. The molecule has 0 radical (unpaired) electrons. The highest BCUT2D eigenvalue weighted by Gasteiger charge is 2.18. The smallest absolute Gasteiger partial charge is 0.0917 e. The summed E-state index contributed by atoms with van der Waals surface area (Å²) in [5.41, 5.74) is 0. The molecule has 0 aliphatic heterocycles. The van der Waals surface area contributed by atoms with Crippen LogP contribution in [0.1, 0.15) is 19.8 Å². The second-order valence-corrected chi connectivity index (χ2v) is 5.24. The standard InChI is InChI=1S/C12H18O3S/c1-2-6-11(13)12(14)9-16(15)10-7-4-3-5-8-10/h3-5,7-8,11-14H,2,6,9H2,1H3/t11-,12+,16+/m1/s1. The minimum absolute atomic E-state index is 0.0885. The van der Waals surface area contributed by atoms with Gasteiger partial charge in [0.05, 0.1) is 28.8 Å². The van der Waals surface area contributed by atoms with Crippen molar-refractivity contribution in [3.05, 3.63) is 30.3 Å². The SMILES string of the molecule is CCC[C@@H](O)[C@@H](O)C[S@](=O)c1ccccc1. The van der Waals surface area contributed by atoms with Gasteiger partial charge in [-0.15, -0.1) is 0 Å². The Morgan fingerprint density at radius 1 is 1.19 bits per heavy atom. The maximum atomic E-state index is 11.8. The van der Waals surface area contributed by atoms with Gasteiger partial charge in [-0.25, -0.2) is 0 Å². The predicted octanol–water partition coefficient (Wildman–Crippen LogP) is 1.32. The van der Waals surface area contributed by atoms with Gasteiger partial charge in [0, 0.05) is 4.90 Å². The summed E-state index contributed by atoms with van der Waals surface area (Å²) in [6.45, 7) is 1.93. The average molecular weight is 242 g/mol. The van der Waals surface area contributed by atoms with Crippen molar-refractivity contribution < 1.29 is 14.4 Å². The number of rotatable bonds is 6. The maximum absolute atomic E-state index is 11.8. The first-order valence-corrected chi connectivity index (χ1v) is 6.76. The van der Waals surface area contributed by atoms with Crippen molar-refractivity contribution in [1.82, 2.24) is 0 Å². The molecule has 90 valence electrons. The van der Waals surface area contributed by atoms with E-state index in [0.717, 1.165) is 6.42 Å². The summed E-state index contributed by atoms with van der Waals surface area (Å²) in [4.78, 5) is 0.685.